The Balaban J connectivity index is 1.59. The molecule has 1 aliphatic rings. The number of aryl methyl sites for hydroxylation is 1. The van der Waals surface area contributed by atoms with Crippen LogP contribution in [0.1, 0.15) is 37.5 Å². The highest BCUT2D eigenvalue weighted by Gasteiger charge is 2.25. The third kappa shape index (κ3) is 5.97. The van der Waals surface area contributed by atoms with E-state index in [2.05, 4.69) is 40.2 Å². The summed E-state index contributed by atoms with van der Waals surface area (Å²) in [5.41, 5.74) is 2.23. The second-order valence-corrected chi connectivity index (χ2v) is 7.79. The maximum Gasteiger partial charge on any atom is 0.194 e. The molecule has 0 bridgehead atoms. The van der Waals surface area contributed by atoms with Crippen molar-refractivity contribution in [1.29, 1.82) is 0 Å². The average Bonchev–Trinajstić information content (AvgIpc) is 3.16. The minimum Gasteiger partial charge on any atom is -0.493 e. The molecule has 2 heterocycles. The van der Waals surface area contributed by atoms with E-state index in [9.17, 15) is 0 Å². The van der Waals surface area contributed by atoms with Crippen LogP contribution in [0.3, 0.4) is 0 Å². The molecule has 0 amide bonds. The first kappa shape index (κ1) is 21.2. The Morgan fingerprint density at radius 1 is 1.38 bits per heavy atom. The van der Waals surface area contributed by atoms with Crippen LogP contribution in [-0.4, -0.2) is 54.0 Å². The number of para-hydroxylation sites is 1. The van der Waals surface area contributed by atoms with E-state index in [1.54, 1.807) is 4.68 Å². The molecule has 0 aliphatic carbocycles. The van der Waals surface area contributed by atoms with Crippen LogP contribution in [0.5, 0.6) is 5.75 Å². The van der Waals surface area contributed by atoms with E-state index < -0.39 is 0 Å². The molecule has 0 spiro atoms. The van der Waals surface area contributed by atoms with Crippen molar-refractivity contribution in [2.24, 2.45) is 18.0 Å². The number of nitrogens with zero attached hydrogens (tertiary/aromatic N) is 4. The summed E-state index contributed by atoms with van der Waals surface area (Å²) in [4.78, 5) is 6.73. The largest absolute Gasteiger partial charge is 0.493 e. The van der Waals surface area contributed by atoms with E-state index in [-0.39, 0.29) is 6.10 Å². The normalized spacial score (nSPS) is 17.6. The minimum atomic E-state index is 0.00246. The Labute approximate surface area is 173 Å². The van der Waals surface area contributed by atoms with Gasteiger partial charge in [0, 0.05) is 44.5 Å². The van der Waals surface area contributed by atoms with Crippen molar-refractivity contribution < 1.29 is 9.47 Å². The molecule has 1 aromatic heterocycles. The highest BCUT2D eigenvalue weighted by molar-refractivity contribution is 5.80. The van der Waals surface area contributed by atoms with Crippen LogP contribution in [0.2, 0.25) is 0 Å². The van der Waals surface area contributed by atoms with Gasteiger partial charge >= 0.3 is 0 Å². The van der Waals surface area contributed by atoms with Crippen molar-refractivity contribution in [3.05, 3.63) is 47.8 Å². The fourth-order valence-corrected chi connectivity index (χ4v) is 3.35. The van der Waals surface area contributed by atoms with Gasteiger partial charge in [0.1, 0.15) is 11.9 Å². The first-order chi connectivity index (χ1) is 14.1. The predicted octanol–water partition coefficient (Wildman–Crippen LogP) is 2.99. The SMILES string of the molecule is CN=C(NCc1ccccc1OCCC(C)C)N1CCOC(c2cnn(C)c2)C1. The smallest absolute Gasteiger partial charge is 0.194 e. The van der Waals surface area contributed by atoms with Gasteiger partial charge in [0.25, 0.3) is 0 Å². The number of aromatic nitrogens is 2. The second-order valence-electron chi connectivity index (χ2n) is 7.79. The zero-order valence-corrected chi connectivity index (χ0v) is 18.0. The van der Waals surface area contributed by atoms with Crippen molar-refractivity contribution >= 4 is 5.96 Å². The van der Waals surface area contributed by atoms with Gasteiger partial charge in [-0.3, -0.25) is 9.67 Å². The summed E-state index contributed by atoms with van der Waals surface area (Å²) >= 11 is 0. The first-order valence-electron chi connectivity index (χ1n) is 10.3. The van der Waals surface area contributed by atoms with Crippen LogP contribution in [0.15, 0.2) is 41.7 Å². The van der Waals surface area contributed by atoms with Crippen molar-refractivity contribution in [3.8, 4) is 5.75 Å². The number of hydrogen-bond donors (Lipinski definition) is 1. The van der Waals surface area contributed by atoms with Crippen LogP contribution < -0.4 is 10.1 Å². The number of benzene rings is 1. The Morgan fingerprint density at radius 3 is 2.93 bits per heavy atom. The first-order valence-corrected chi connectivity index (χ1v) is 10.3. The number of nitrogens with one attached hydrogen (secondary N) is 1. The van der Waals surface area contributed by atoms with Crippen LogP contribution >= 0.6 is 0 Å². The third-order valence-corrected chi connectivity index (χ3v) is 5.04. The van der Waals surface area contributed by atoms with Crippen LogP contribution in [0.4, 0.5) is 0 Å². The summed E-state index contributed by atoms with van der Waals surface area (Å²) in [5, 5.41) is 7.75. The van der Waals surface area contributed by atoms with E-state index >= 15 is 0 Å². The number of morpholine rings is 1. The molecule has 1 aliphatic heterocycles. The molecule has 1 saturated heterocycles. The van der Waals surface area contributed by atoms with Gasteiger partial charge in [-0.2, -0.15) is 5.10 Å². The number of aliphatic imine (C=N–C) groups is 1. The Hall–Kier alpha value is -2.54. The lowest BCUT2D eigenvalue weighted by Crippen LogP contribution is -2.47. The maximum atomic E-state index is 6.01. The molecule has 29 heavy (non-hydrogen) atoms. The van der Waals surface area contributed by atoms with Crippen LogP contribution in [0.25, 0.3) is 0 Å². The van der Waals surface area contributed by atoms with Gasteiger partial charge in [0.2, 0.25) is 0 Å². The molecule has 1 aromatic carbocycles. The standard InChI is InChI=1S/C22H33N5O2/c1-17(2)9-11-28-20-8-6-5-7-18(20)13-24-22(23-3)27-10-12-29-21(16-27)19-14-25-26(4)15-19/h5-8,14-15,17,21H,9-13,16H2,1-4H3,(H,23,24). The van der Waals surface area contributed by atoms with Gasteiger partial charge in [-0.05, 0) is 18.4 Å². The monoisotopic (exact) mass is 399 g/mol. The number of guanidine groups is 1. The molecule has 0 radical (unpaired) electrons. The molecule has 3 rings (SSSR count). The molecule has 1 unspecified atom stereocenters. The summed E-state index contributed by atoms with van der Waals surface area (Å²) < 4.78 is 13.8. The van der Waals surface area contributed by atoms with Gasteiger partial charge in [0.05, 0.1) is 26.0 Å². The van der Waals surface area contributed by atoms with Crippen molar-refractivity contribution in [2.75, 3.05) is 33.4 Å². The van der Waals surface area contributed by atoms with E-state index in [1.165, 1.54) is 0 Å². The Bertz CT molecular complexity index is 802. The van der Waals surface area contributed by atoms with Gasteiger partial charge in [0.15, 0.2) is 5.96 Å². The summed E-state index contributed by atoms with van der Waals surface area (Å²) in [6.07, 6.45) is 4.93. The fraction of sp³-hybridized carbons (Fsp3) is 0.545. The van der Waals surface area contributed by atoms with Crippen molar-refractivity contribution in [3.63, 3.8) is 0 Å². The molecule has 7 heteroatoms. The molecule has 1 atom stereocenters. The molecule has 1 fully saturated rings. The van der Waals surface area contributed by atoms with Gasteiger partial charge in [-0.15, -0.1) is 0 Å². The lowest BCUT2D eigenvalue weighted by atomic mass is 10.1. The molecular formula is C22H33N5O2. The molecule has 0 saturated carbocycles. The summed E-state index contributed by atoms with van der Waals surface area (Å²) in [5.74, 6) is 2.44. The van der Waals surface area contributed by atoms with E-state index in [4.69, 9.17) is 9.47 Å². The van der Waals surface area contributed by atoms with E-state index in [0.29, 0.717) is 19.1 Å². The predicted molar refractivity (Wildman–Crippen MR) is 115 cm³/mol. The molecule has 7 nitrogen and oxygen atoms in total. The molecule has 2 aromatic rings. The highest BCUT2D eigenvalue weighted by atomic mass is 16.5. The zero-order chi connectivity index (χ0) is 20.6. The molecule has 1 N–H and O–H groups in total. The maximum absolute atomic E-state index is 6.01. The fourth-order valence-electron chi connectivity index (χ4n) is 3.35. The molecular weight excluding hydrogens is 366 g/mol. The quantitative estimate of drug-likeness (QED) is 0.573. The lowest BCUT2D eigenvalue weighted by Gasteiger charge is -2.34. The number of rotatable bonds is 7. The molecule has 158 valence electrons. The third-order valence-electron chi connectivity index (χ3n) is 5.04. The second kappa shape index (κ2) is 10.3. The lowest BCUT2D eigenvalue weighted by molar-refractivity contribution is -0.00805. The topological polar surface area (TPSA) is 63.9 Å². The summed E-state index contributed by atoms with van der Waals surface area (Å²) in [7, 11) is 3.74. The van der Waals surface area contributed by atoms with Gasteiger partial charge < -0.3 is 19.7 Å². The van der Waals surface area contributed by atoms with Crippen LogP contribution in [-0.2, 0) is 18.3 Å². The Morgan fingerprint density at radius 2 is 2.21 bits per heavy atom. The van der Waals surface area contributed by atoms with Gasteiger partial charge in [-0.1, -0.05) is 32.0 Å². The summed E-state index contributed by atoms with van der Waals surface area (Å²) in [6, 6.07) is 8.20. The number of ether oxygens (including phenoxy) is 2. The highest BCUT2D eigenvalue weighted by Crippen LogP contribution is 2.22. The van der Waals surface area contributed by atoms with E-state index in [0.717, 1.165) is 49.0 Å². The average molecular weight is 400 g/mol. The zero-order valence-electron chi connectivity index (χ0n) is 18.0. The number of hydrogen-bond acceptors (Lipinski definition) is 4. The van der Waals surface area contributed by atoms with Gasteiger partial charge in [-0.25, -0.2) is 0 Å². The van der Waals surface area contributed by atoms with Crippen molar-refractivity contribution in [1.82, 2.24) is 20.0 Å². The van der Waals surface area contributed by atoms with Crippen molar-refractivity contribution in [2.45, 2.75) is 32.9 Å². The van der Waals surface area contributed by atoms with Crippen LogP contribution in [0, 0.1) is 5.92 Å². The van der Waals surface area contributed by atoms with E-state index in [1.807, 2.05) is 44.7 Å². The Kier molecular flexibility index (Phi) is 7.52. The minimum absolute atomic E-state index is 0.00246. The summed E-state index contributed by atoms with van der Waals surface area (Å²) in [6.45, 7) is 8.04.